The van der Waals surface area contributed by atoms with Crippen molar-refractivity contribution in [3.05, 3.63) is 41.0 Å². The molecule has 0 aliphatic heterocycles. The van der Waals surface area contributed by atoms with Crippen molar-refractivity contribution in [2.24, 2.45) is 13.0 Å². The SMILES string of the molecule is Cn1ccnc1-c1cn([C@@H](c2cccs2)C2CCCCC2)nn1. The topological polar surface area (TPSA) is 48.5 Å². The van der Waals surface area contributed by atoms with E-state index < -0.39 is 0 Å². The number of aryl methyl sites for hydroxylation is 1. The van der Waals surface area contributed by atoms with Crippen LogP contribution in [0.4, 0.5) is 0 Å². The van der Waals surface area contributed by atoms with E-state index in [9.17, 15) is 0 Å². The van der Waals surface area contributed by atoms with Gasteiger partial charge in [0.15, 0.2) is 5.82 Å². The van der Waals surface area contributed by atoms with Gasteiger partial charge in [0.1, 0.15) is 5.69 Å². The molecule has 0 amide bonds. The van der Waals surface area contributed by atoms with Gasteiger partial charge in [0.05, 0.1) is 12.2 Å². The standard InChI is InChI=1S/C17H21N5S/c1-21-10-9-18-17(21)14-12-22(20-19-14)16(15-8-5-11-23-15)13-6-3-2-4-7-13/h5,8-13,16H,2-4,6-7H2,1H3/t16-/m1/s1. The lowest BCUT2D eigenvalue weighted by atomic mass is 9.83. The molecule has 1 aliphatic rings. The van der Waals surface area contributed by atoms with Crippen LogP contribution in [0.3, 0.4) is 0 Å². The second-order valence-electron chi connectivity index (χ2n) is 6.30. The number of nitrogens with zero attached hydrogens (tertiary/aromatic N) is 5. The van der Waals surface area contributed by atoms with Gasteiger partial charge in [0, 0.05) is 24.3 Å². The first-order chi connectivity index (χ1) is 11.3. The fourth-order valence-corrected chi connectivity index (χ4v) is 4.53. The minimum absolute atomic E-state index is 0.303. The van der Waals surface area contributed by atoms with Crippen molar-refractivity contribution in [1.29, 1.82) is 0 Å². The number of rotatable bonds is 4. The third-order valence-electron chi connectivity index (χ3n) is 4.78. The molecular weight excluding hydrogens is 306 g/mol. The van der Waals surface area contributed by atoms with Crippen LogP contribution in [0.2, 0.25) is 0 Å². The van der Waals surface area contributed by atoms with Crippen LogP contribution < -0.4 is 0 Å². The summed E-state index contributed by atoms with van der Waals surface area (Å²) in [5.74, 6) is 1.52. The fourth-order valence-electron chi connectivity index (χ4n) is 3.62. The molecule has 0 spiro atoms. The molecule has 1 atom stereocenters. The summed E-state index contributed by atoms with van der Waals surface area (Å²) in [5, 5.41) is 11.0. The van der Waals surface area contributed by atoms with Crippen molar-refractivity contribution >= 4 is 11.3 Å². The molecule has 0 bridgehead atoms. The van der Waals surface area contributed by atoms with Gasteiger partial charge in [-0.25, -0.2) is 9.67 Å². The molecule has 4 rings (SSSR count). The van der Waals surface area contributed by atoms with Gasteiger partial charge < -0.3 is 4.57 Å². The Balaban J connectivity index is 1.69. The highest BCUT2D eigenvalue weighted by molar-refractivity contribution is 7.10. The summed E-state index contributed by atoms with van der Waals surface area (Å²) in [5.41, 5.74) is 0.842. The van der Waals surface area contributed by atoms with E-state index in [1.165, 1.54) is 37.0 Å². The second kappa shape index (κ2) is 6.28. The molecule has 1 aliphatic carbocycles. The summed E-state index contributed by atoms with van der Waals surface area (Å²) in [6.45, 7) is 0. The molecule has 0 N–H and O–H groups in total. The molecule has 23 heavy (non-hydrogen) atoms. The molecule has 0 unspecified atom stereocenters. The van der Waals surface area contributed by atoms with Gasteiger partial charge in [-0.05, 0) is 30.2 Å². The van der Waals surface area contributed by atoms with Crippen LogP contribution in [0.25, 0.3) is 11.5 Å². The minimum Gasteiger partial charge on any atom is -0.333 e. The Kier molecular flexibility index (Phi) is 3.99. The van der Waals surface area contributed by atoms with Crippen LogP contribution in [-0.2, 0) is 7.05 Å². The van der Waals surface area contributed by atoms with Crippen molar-refractivity contribution in [3.8, 4) is 11.5 Å². The monoisotopic (exact) mass is 327 g/mol. The van der Waals surface area contributed by atoms with Gasteiger partial charge in [0.2, 0.25) is 0 Å². The van der Waals surface area contributed by atoms with Crippen molar-refractivity contribution in [2.75, 3.05) is 0 Å². The second-order valence-corrected chi connectivity index (χ2v) is 7.28. The van der Waals surface area contributed by atoms with E-state index in [1.54, 1.807) is 6.20 Å². The van der Waals surface area contributed by atoms with Crippen molar-refractivity contribution < 1.29 is 0 Å². The lowest BCUT2D eigenvalue weighted by Gasteiger charge is -2.29. The van der Waals surface area contributed by atoms with E-state index in [4.69, 9.17) is 0 Å². The van der Waals surface area contributed by atoms with Crippen LogP contribution in [-0.4, -0.2) is 24.5 Å². The van der Waals surface area contributed by atoms with E-state index in [0.29, 0.717) is 12.0 Å². The van der Waals surface area contributed by atoms with Gasteiger partial charge >= 0.3 is 0 Å². The first-order valence-electron chi connectivity index (χ1n) is 8.26. The predicted molar refractivity (Wildman–Crippen MR) is 91.3 cm³/mol. The molecule has 6 heteroatoms. The van der Waals surface area contributed by atoms with Crippen molar-refractivity contribution in [3.63, 3.8) is 0 Å². The Labute approximate surface area is 140 Å². The molecule has 120 valence electrons. The number of imidazole rings is 1. The van der Waals surface area contributed by atoms with E-state index >= 15 is 0 Å². The van der Waals surface area contributed by atoms with Crippen LogP contribution in [0.5, 0.6) is 0 Å². The van der Waals surface area contributed by atoms with Crippen molar-refractivity contribution in [1.82, 2.24) is 24.5 Å². The van der Waals surface area contributed by atoms with Gasteiger partial charge in [-0.2, -0.15) is 0 Å². The first kappa shape index (κ1) is 14.6. The normalized spacial score (nSPS) is 17.4. The third-order valence-corrected chi connectivity index (χ3v) is 5.72. The number of aromatic nitrogens is 5. The quantitative estimate of drug-likeness (QED) is 0.730. The highest BCUT2D eigenvalue weighted by Gasteiger charge is 2.28. The zero-order valence-corrected chi connectivity index (χ0v) is 14.1. The molecule has 1 fully saturated rings. The first-order valence-corrected chi connectivity index (χ1v) is 9.14. The molecule has 0 saturated heterocycles. The minimum atomic E-state index is 0.303. The smallest absolute Gasteiger partial charge is 0.161 e. The van der Waals surface area contributed by atoms with Crippen LogP contribution in [0.15, 0.2) is 36.1 Å². The number of hydrogen-bond donors (Lipinski definition) is 0. The molecule has 0 aromatic carbocycles. The maximum absolute atomic E-state index is 4.46. The lowest BCUT2D eigenvalue weighted by Crippen LogP contribution is -2.22. The van der Waals surface area contributed by atoms with Crippen molar-refractivity contribution in [2.45, 2.75) is 38.1 Å². The Morgan fingerprint density at radius 2 is 2.13 bits per heavy atom. The Bertz CT molecular complexity index is 752. The molecule has 0 radical (unpaired) electrons. The third kappa shape index (κ3) is 2.83. The summed E-state index contributed by atoms with van der Waals surface area (Å²) < 4.78 is 4.04. The summed E-state index contributed by atoms with van der Waals surface area (Å²) in [4.78, 5) is 5.77. The fraction of sp³-hybridized carbons (Fsp3) is 0.471. The molecular formula is C17H21N5S. The van der Waals surface area contributed by atoms with E-state index in [-0.39, 0.29) is 0 Å². The van der Waals surface area contributed by atoms with Crippen LogP contribution in [0, 0.1) is 5.92 Å². The largest absolute Gasteiger partial charge is 0.333 e. The number of hydrogen-bond acceptors (Lipinski definition) is 4. The summed E-state index contributed by atoms with van der Waals surface area (Å²) in [7, 11) is 1.99. The van der Waals surface area contributed by atoms with E-state index in [0.717, 1.165) is 11.5 Å². The predicted octanol–water partition coefficient (Wildman–Crippen LogP) is 3.91. The molecule has 1 saturated carbocycles. The van der Waals surface area contributed by atoms with Gasteiger partial charge in [0.25, 0.3) is 0 Å². The molecule has 3 aromatic heterocycles. The maximum atomic E-state index is 4.46. The number of thiophene rings is 1. The Hall–Kier alpha value is -1.95. The lowest BCUT2D eigenvalue weighted by molar-refractivity contribution is 0.266. The molecule has 5 nitrogen and oxygen atoms in total. The zero-order valence-electron chi connectivity index (χ0n) is 13.3. The van der Waals surface area contributed by atoms with Crippen LogP contribution >= 0.6 is 11.3 Å². The van der Waals surface area contributed by atoms with Crippen LogP contribution in [0.1, 0.15) is 43.0 Å². The summed E-state index contributed by atoms with van der Waals surface area (Å²) in [6.07, 6.45) is 12.4. The maximum Gasteiger partial charge on any atom is 0.161 e. The Morgan fingerprint density at radius 3 is 2.83 bits per heavy atom. The van der Waals surface area contributed by atoms with Gasteiger partial charge in [-0.15, -0.1) is 16.4 Å². The molecule has 3 heterocycles. The molecule has 3 aromatic rings. The highest BCUT2D eigenvalue weighted by atomic mass is 32.1. The Morgan fingerprint density at radius 1 is 1.26 bits per heavy atom. The highest BCUT2D eigenvalue weighted by Crippen LogP contribution is 2.38. The average Bonchev–Trinajstić information content (AvgIpc) is 3.31. The van der Waals surface area contributed by atoms with Gasteiger partial charge in [-0.1, -0.05) is 30.5 Å². The average molecular weight is 327 g/mol. The zero-order chi connectivity index (χ0) is 15.6. The summed E-state index contributed by atoms with van der Waals surface area (Å²) in [6, 6.07) is 4.66. The summed E-state index contributed by atoms with van der Waals surface area (Å²) >= 11 is 1.82. The van der Waals surface area contributed by atoms with E-state index in [1.807, 2.05) is 29.1 Å². The van der Waals surface area contributed by atoms with Gasteiger partial charge in [-0.3, -0.25) is 0 Å². The van der Waals surface area contributed by atoms with E-state index in [2.05, 4.69) is 43.7 Å².